The molecule has 23 heavy (non-hydrogen) atoms. The lowest BCUT2D eigenvalue weighted by Crippen LogP contribution is -1.81. The Kier molecular flexibility index (Phi) is 15.0. The maximum atomic E-state index is 3.89. The molecule has 0 amide bonds. The largest absolute Gasteiger partial charge is 0.103 e. The maximum Gasteiger partial charge on any atom is -0.0204 e. The zero-order valence-corrected chi connectivity index (χ0v) is 16.1. The number of allylic oxidation sites excluding steroid dienone is 2. The van der Waals surface area contributed by atoms with Crippen LogP contribution in [0.15, 0.2) is 67.8 Å². The van der Waals surface area contributed by atoms with E-state index in [4.69, 9.17) is 0 Å². The minimum absolute atomic E-state index is 1.14. The Balaban J connectivity index is 0. The van der Waals surface area contributed by atoms with Crippen molar-refractivity contribution in [2.24, 2.45) is 0 Å². The van der Waals surface area contributed by atoms with E-state index in [1.165, 1.54) is 22.3 Å². The summed E-state index contributed by atoms with van der Waals surface area (Å²) >= 11 is 0. The summed E-state index contributed by atoms with van der Waals surface area (Å²) in [4.78, 5) is 0. The zero-order valence-electron chi connectivity index (χ0n) is 16.1. The first kappa shape index (κ1) is 23.2. The summed E-state index contributed by atoms with van der Waals surface area (Å²) in [6.45, 7) is 21.5. The van der Waals surface area contributed by atoms with Gasteiger partial charge in [-0.25, -0.2) is 0 Å². The van der Waals surface area contributed by atoms with E-state index in [-0.39, 0.29) is 0 Å². The number of rotatable bonds is 1. The molecular formula is C23H34. The van der Waals surface area contributed by atoms with Crippen molar-refractivity contribution in [3.05, 3.63) is 90.0 Å². The Bertz CT molecular complexity index is 541. The van der Waals surface area contributed by atoms with Gasteiger partial charge in [0.25, 0.3) is 0 Å². The Labute approximate surface area is 144 Å². The minimum Gasteiger partial charge on any atom is -0.103 e. The lowest BCUT2D eigenvalue weighted by atomic mass is 10.0. The Morgan fingerprint density at radius 2 is 1.09 bits per heavy atom. The molecule has 2 rings (SSSR count). The molecule has 0 saturated heterocycles. The summed E-state index contributed by atoms with van der Waals surface area (Å²) in [6, 6.07) is 16.6. The quantitative estimate of drug-likeness (QED) is 0.477. The van der Waals surface area contributed by atoms with E-state index in [2.05, 4.69) is 70.3 Å². The number of hydrogen-bond acceptors (Lipinski definition) is 0. The van der Waals surface area contributed by atoms with Crippen molar-refractivity contribution in [1.82, 2.24) is 0 Å². The number of hydrogen-bond donors (Lipinski definition) is 0. The van der Waals surface area contributed by atoms with Crippen LogP contribution in [0.25, 0.3) is 5.57 Å². The van der Waals surface area contributed by atoms with Gasteiger partial charge in [-0.05, 0) is 56.9 Å². The standard InChI is InChI=1S/C10H12.C8H10.C3H6.C2H6/c1-8(2)10-7-5-4-6-9(10)3;1-7-5-3-4-6-8(7)2;1-3-2;1-2/h4-7H,1H2,2-3H3;3-6H,1-2H3;3H,1H2,2H3;1-2H3. The predicted molar refractivity (Wildman–Crippen MR) is 109 cm³/mol. The van der Waals surface area contributed by atoms with E-state index < -0.39 is 0 Å². The molecule has 0 atom stereocenters. The molecule has 0 spiro atoms. The second-order valence-corrected chi connectivity index (χ2v) is 5.09. The van der Waals surface area contributed by atoms with Gasteiger partial charge in [0.2, 0.25) is 0 Å². The van der Waals surface area contributed by atoms with Crippen LogP contribution in [0, 0.1) is 20.8 Å². The van der Waals surface area contributed by atoms with E-state index >= 15 is 0 Å². The normalized spacial score (nSPS) is 8.13. The summed E-state index contributed by atoms with van der Waals surface area (Å²) in [5.74, 6) is 0. The fraction of sp³-hybridized carbons (Fsp3) is 0.304. The topological polar surface area (TPSA) is 0 Å². The third kappa shape index (κ3) is 11.2. The van der Waals surface area contributed by atoms with E-state index in [0.717, 1.165) is 5.57 Å². The summed E-state index contributed by atoms with van der Waals surface area (Å²) < 4.78 is 0. The maximum absolute atomic E-state index is 3.89. The monoisotopic (exact) mass is 310 g/mol. The third-order valence-electron chi connectivity index (χ3n) is 3.03. The van der Waals surface area contributed by atoms with E-state index in [1.54, 1.807) is 6.08 Å². The Morgan fingerprint density at radius 3 is 1.30 bits per heavy atom. The summed E-state index contributed by atoms with van der Waals surface area (Å²) in [5, 5.41) is 0. The molecule has 0 radical (unpaired) electrons. The van der Waals surface area contributed by atoms with Crippen LogP contribution >= 0.6 is 0 Å². The molecule has 0 heterocycles. The van der Waals surface area contributed by atoms with Crippen LogP contribution in [0.2, 0.25) is 0 Å². The Morgan fingerprint density at radius 1 is 0.783 bits per heavy atom. The molecule has 2 aromatic rings. The second kappa shape index (κ2) is 14.8. The van der Waals surface area contributed by atoms with Crippen LogP contribution in [0.5, 0.6) is 0 Å². The SMILES string of the molecule is C=C(C)c1ccccc1C.C=CC.CC.Cc1ccccc1C. The fourth-order valence-electron chi connectivity index (χ4n) is 1.71. The summed E-state index contributed by atoms with van der Waals surface area (Å²) in [5.41, 5.74) is 6.44. The van der Waals surface area contributed by atoms with Crippen LogP contribution in [-0.2, 0) is 0 Å². The molecule has 0 aliphatic heterocycles. The first-order chi connectivity index (χ1) is 10.9. The molecule has 0 nitrogen and oxygen atoms in total. The van der Waals surface area contributed by atoms with Gasteiger partial charge in [0.05, 0.1) is 0 Å². The third-order valence-corrected chi connectivity index (χ3v) is 3.03. The van der Waals surface area contributed by atoms with Gasteiger partial charge in [0.1, 0.15) is 0 Å². The van der Waals surface area contributed by atoms with Gasteiger partial charge in [-0.15, -0.1) is 6.58 Å². The second-order valence-electron chi connectivity index (χ2n) is 5.09. The first-order valence-electron chi connectivity index (χ1n) is 8.24. The lowest BCUT2D eigenvalue weighted by molar-refractivity contribution is 1.34. The van der Waals surface area contributed by atoms with Crippen molar-refractivity contribution in [2.75, 3.05) is 0 Å². The Hall–Kier alpha value is -2.08. The summed E-state index contributed by atoms with van der Waals surface area (Å²) in [6.07, 6.45) is 1.75. The molecule has 0 unspecified atom stereocenters. The average Bonchev–Trinajstić information content (AvgIpc) is 2.54. The van der Waals surface area contributed by atoms with Crippen molar-refractivity contribution >= 4 is 5.57 Å². The molecule has 0 aliphatic carbocycles. The van der Waals surface area contributed by atoms with Gasteiger partial charge >= 0.3 is 0 Å². The highest BCUT2D eigenvalue weighted by Crippen LogP contribution is 2.14. The molecular weight excluding hydrogens is 276 g/mol. The van der Waals surface area contributed by atoms with Crippen molar-refractivity contribution in [3.63, 3.8) is 0 Å². The van der Waals surface area contributed by atoms with E-state index in [1.807, 2.05) is 39.8 Å². The number of aryl methyl sites for hydroxylation is 3. The molecule has 0 aromatic heterocycles. The predicted octanol–water partition coefficient (Wildman–Crippen LogP) is 7.55. The van der Waals surface area contributed by atoms with Crippen molar-refractivity contribution < 1.29 is 0 Å². The minimum atomic E-state index is 1.14. The van der Waals surface area contributed by atoms with Crippen molar-refractivity contribution in [2.45, 2.75) is 48.5 Å². The van der Waals surface area contributed by atoms with Gasteiger partial charge in [0.15, 0.2) is 0 Å². The molecule has 126 valence electrons. The fourth-order valence-corrected chi connectivity index (χ4v) is 1.71. The van der Waals surface area contributed by atoms with Crippen LogP contribution in [0.1, 0.15) is 49.9 Å². The smallest absolute Gasteiger partial charge is 0.0204 e. The average molecular weight is 311 g/mol. The molecule has 0 heteroatoms. The highest BCUT2D eigenvalue weighted by Gasteiger charge is 1.94. The van der Waals surface area contributed by atoms with E-state index in [0.29, 0.717) is 0 Å². The van der Waals surface area contributed by atoms with E-state index in [9.17, 15) is 0 Å². The van der Waals surface area contributed by atoms with Crippen molar-refractivity contribution in [1.29, 1.82) is 0 Å². The van der Waals surface area contributed by atoms with Crippen LogP contribution in [0.4, 0.5) is 0 Å². The number of benzene rings is 2. The molecule has 2 aromatic carbocycles. The highest BCUT2D eigenvalue weighted by molar-refractivity contribution is 5.63. The van der Waals surface area contributed by atoms with Gasteiger partial charge in [0, 0.05) is 0 Å². The van der Waals surface area contributed by atoms with Gasteiger partial charge < -0.3 is 0 Å². The molecule has 0 bridgehead atoms. The molecule has 0 aliphatic rings. The summed E-state index contributed by atoms with van der Waals surface area (Å²) in [7, 11) is 0. The van der Waals surface area contributed by atoms with Crippen LogP contribution in [0.3, 0.4) is 0 Å². The van der Waals surface area contributed by atoms with Gasteiger partial charge in [-0.2, -0.15) is 0 Å². The molecule has 0 N–H and O–H groups in total. The first-order valence-corrected chi connectivity index (χ1v) is 8.24. The van der Waals surface area contributed by atoms with Gasteiger partial charge in [-0.3, -0.25) is 0 Å². The molecule has 0 saturated carbocycles. The van der Waals surface area contributed by atoms with Crippen LogP contribution in [-0.4, -0.2) is 0 Å². The van der Waals surface area contributed by atoms with Gasteiger partial charge in [-0.1, -0.05) is 80.6 Å². The van der Waals surface area contributed by atoms with Crippen LogP contribution < -0.4 is 0 Å². The van der Waals surface area contributed by atoms with Crippen molar-refractivity contribution in [3.8, 4) is 0 Å². The lowest BCUT2D eigenvalue weighted by Gasteiger charge is -2.02. The zero-order chi connectivity index (χ0) is 18.3. The molecule has 0 fully saturated rings. The highest BCUT2D eigenvalue weighted by atomic mass is 14.0.